The molecule has 100 valence electrons. The number of hydrogen-bond acceptors (Lipinski definition) is 3. The first-order valence-corrected chi connectivity index (χ1v) is 7.39. The van der Waals surface area contributed by atoms with Gasteiger partial charge in [-0.15, -0.1) is 11.3 Å². The molecule has 0 amide bonds. The molecule has 0 aliphatic rings. The van der Waals surface area contributed by atoms with Crippen LogP contribution in [0.4, 0.5) is 0 Å². The zero-order chi connectivity index (χ0) is 13.4. The molecule has 1 unspecified atom stereocenters. The van der Waals surface area contributed by atoms with Crippen LogP contribution in [0.25, 0.3) is 0 Å². The van der Waals surface area contributed by atoms with Gasteiger partial charge in [-0.2, -0.15) is 0 Å². The Hall–Kier alpha value is -0.820. The Morgan fingerprint density at radius 1 is 1.50 bits per heavy atom. The van der Waals surface area contributed by atoms with Crippen molar-refractivity contribution in [1.82, 2.24) is 4.90 Å². The SMILES string of the molecule is CCC(C)CN(C)Cc1cc(C#CCCO)cs1. The van der Waals surface area contributed by atoms with Crippen LogP contribution >= 0.6 is 11.3 Å². The molecule has 0 bridgehead atoms. The van der Waals surface area contributed by atoms with E-state index in [0.717, 1.165) is 24.6 Å². The second kappa shape index (κ2) is 8.31. The molecule has 1 aromatic rings. The lowest BCUT2D eigenvalue weighted by Crippen LogP contribution is -2.23. The predicted molar refractivity (Wildman–Crippen MR) is 78.7 cm³/mol. The van der Waals surface area contributed by atoms with E-state index in [2.05, 4.69) is 49.1 Å². The highest BCUT2D eigenvalue weighted by molar-refractivity contribution is 7.10. The van der Waals surface area contributed by atoms with Crippen molar-refractivity contribution in [3.8, 4) is 11.8 Å². The highest BCUT2D eigenvalue weighted by atomic mass is 32.1. The second-order valence-corrected chi connectivity index (χ2v) is 5.78. The molecule has 0 spiro atoms. The lowest BCUT2D eigenvalue weighted by Gasteiger charge is -2.19. The van der Waals surface area contributed by atoms with Crippen LogP contribution in [0, 0.1) is 17.8 Å². The van der Waals surface area contributed by atoms with E-state index in [9.17, 15) is 0 Å². The van der Waals surface area contributed by atoms with E-state index in [4.69, 9.17) is 5.11 Å². The van der Waals surface area contributed by atoms with Gasteiger partial charge in [0.2, 0.25) is 0 Å². The molecule has 0 fully saturated rings. The number of hydrogen-bond donors (Lipinski definition) is 1. The van der Waals surface area contributed by atoms with Gasteiger partial charge in [0.1, 0.15) is 0 Å². The second-order valence-electron chi connectivity index (χ2n) is 4.79. The van der Waals surface area contributed by atoms with Crippen LogP contribution in [-0.2, 0) is 6.54 Å². The van der Waals surface area contributed by atoms with E-state index >= 15 is 0 Å². The molecule has 0 aliphatic carbocycles. The molecule has 18 heavy (non-hydrogen) atoms. The molecule has 1 heterocycles. The quantitative estimate of drug-likeness (QED) is 0.799. The number of rotatable bonds is 6. The van der Waals surface area contributed by atoms with E-state index in [-0.39, 0.29) is 6.61 Å². The minimum absolute atomic E-state index is 0.141. The average molecular weight is 265 g/mol. The number of aliphatic hydroxyl groups excluding tert-OH is 1. The Bertz CT molecular complexity index is 402. The lowest BCUT2D eigenvalue weighted by molar-refractivity contribution is 0.277. The zero-order valence-electron chi connectivity index (χ0n) is 11.6. The van der Waals surface area contributed by atoms with Gasteiger partial charge in [0.05, 0.1) is 6.61 Å². The van der Waals surface area contributed by atoms with Crippen LogP contribution in [0.3, 0.4) is 0 Å². The summed E-state index contributed by atoms with van der Waals surface area (Å²) in [4.78, 5) is 3.72. The molecule has 0 aliphatic heterocycles. The average Bonchev–Trinajstić information content (AvgIpc) is 2.76. The third-order valence-corrected chi connectivity index (χ3v) is 3.79. The molecular weight excluding hydrogens is 242 g/mol. The summed E-state index contributed by atoms with van der Waals surface area (Å²) < 4.78 is 0. The van der Waals surface area contributed by atoms with Crippen LogP contribution in [0.15, 0.2) is 11.4 Å². The van der Waals surface area contributed by atoms with Crippen LogP contribution in [0.5, 0.6) is 0 Å². The van der Waals surface area contributed by atoms with Crippen molar-refractivity contribution in [2.24, 2.45) is 5.92 Å². The third-order valence-electron chi connectivity index (χ3n) is 2.87. The molecular formula is C15H23NOS. The maximum atomic E-state index is 8.67. The van der Waals surface area contributed by atoms with Gasteiger partial charge >= 0.3 is 0 Å². The summed E-state index contributed by atoms with van der Waals surface area (Å²) in [5, 5.41) is 10.8. The zero-order valence-corrected chi connectivity index (χ0v) is 12.4. The van der Waals surface area contributed by atoms with Crippen molar-refractivity contribution in [3.05, 3.63) is 21.9 Å². The molecule has 1 rings (SSSR count). The van der Waals surface area contributed by atoms with Crippen molar-refractivity contribution in [1.29, 1.82) is 0 Å². The van der Waals surface area contributed by atoms with Gasteiger partial charge in [-0.25, -0.2) is 0 Å². The molecule has 0 saturated heterocycles. The molecule has 1 N–H and O–H groups in total. The molecule has 0 saturated carbocycles. The fourth-order valence-electron chi connectivity index (χ4n) is 1.74. The molecule has 3 heteroatoms. The number of nitrogens with zero attached hydrogens (tertiary/aromatic N) is 1. The van der Waals surface area contributed by atoms with Crippen LogP contribution < -0.4 is 0 Å². The number of aliphatic hydroxyl groups is 1. The summed E-state index contributed by atoms with van der Waals surface area (Å²) in [5.74, 6) is 6.77. The van der Waals surface area contributed by atoms with Crippen molar-refractivity contribution >= 4 is 11.3 Å². The topological polar surface area (TPSA) is 23.5 Å². The molecule has 0 aromatic carbocycles. The van der Waals surface area contributed by atoms with Crippen LogP contribution in [-0.4, -0.2) is 30.2 Å². The molecule has 2 nitrogen and oxygen atoms in total. The van der Waals surface area contributed by atoms with E-state index in [1.807, 2.05) is 0 Å². The first kappa shape index (κ1) is 15.2. The minimum Gasteiger partial charge on any atom is -0.395 e. The van der Waals surface area contributed by atoms with E-state index in [0.29, 0.717) is 6.42 Å². The standard InChI is InChI=1S/C15H23NOS/c1-4-13(2)10-16(3)11-15-9-14(12-18-15)7-5-6-8-17/h9,12-13,17H,4,6,8,10-11H2,1-3H3. The first-order valence-electron chi connectivity index (χ1n) is 6.51. The van der Waals surface area contributed by atoms with E-state index in [1.54, 1.807) is 11.3 Å². The summed E-state index contributed by atoms with van der Waals surface area (Å²) in [7, 11) is 2.17. The maximum Gasteiger partial charge on any atom is 0.0540 e. The minimum atomic E-state index is 0.141. The fourth-order valence-corrected chi connectivity index (χ4v) is 2.64. The summed E-state index contributed by atoms with van der Waals surface area (Å²) in [5.41, 5.74) is 1.07. The van der Waals surface area contributed by atoms with Gasteiger partial charge < -0.3 is 10.0 Å². The van der Waals surface area contributed by atoms with Gasteiger partial charge in [0.25, 0.3) is 0 Å². The Kier molecular flexibility index (Phi) is 7.04. The largest absolute Gasteiger partial charge is 0.395 e. The van der Waals surface area contributed by atoms with Gasteiger partial charge in [-0.1, -0.05) is 32.1 Å². The number of thiophene rings is 1. The van der Waals surface area contributed by atoms with Gasteiger partial charge in [-0.3, -0.25) is 0 Å². The Balaban J connectivity index is 2.46. The van der Waals surface area contributed by atoms with Gasteiger partial charge in [-0.05, 0) is 19.0 Å². The monoisotopic (exact) mass is 265 g/mol. The van der Waals surface area contributed by atoms with Gasteiger partial charge in [0.15, 0.2) is 0 Å². The molecule has 1 aromatic heterocycles. The Morgan fingerprint density at radius 2 is 2.28 bits per heavy atom. The first-order chi connectivity index (χ1) is 8.65. The summed E-state index contributed by atoms with van der Waals surface area (Å²) in [6.07, 6.45) is 1.78. The van der Waals surface area contributed by atoms with E-state index in [1.165, 1.54) is 11.3 Å². The Labute approximate surface area is 115 Å². The predicted octanol–water partition coefficient (Wildman–Crippen LogP) is 2.96. The highest BCUT2D eigenvalue weighted by Crippen LogP contribution is 2.16. The molecule has 0 radical (unpaired) electrons. The van der Waals surface area contributed by atoms with E-state index < -0.39 is 0 Å². The summed E-state index contributed by atoms with van der Waals surface area (Å²) >= 11 is 1.76. The van der Waals surface area contributed by atoms with Crippen molar-refractivity contribution in [3.63, 3.8) is 0 Å². The lowest BCUT2D eigenvalue weighted by atomic mass is 10.1. The van der Waals surface area contributed by atoms with Crippen molar-refractivity contribution in [2.45, 2.75) is 33.2 Å². The summed E-state index contributed by atoms with van der Waals surface area (Å²) in [6.45, 7) is 6.80. The van der Waals surface area contributed by atoms with Crippen LogP contribution in [0.1, 0.15) is 37.1 Å². The van der Waals surface area contributed by atoms with Crippen molar-refractivity contribution < 1.29 is 5.11 Å². The fraction of sp³-hybridized carbons (Fsp3) is 0.600. The highest BCUT2D eigenvalue weighted by Gasteiger charge is 2.06. The smallest absolute Gasteiger partial charge is 0.0540 e. The van der Waals surface area contributed by atoms with Crippen LogP contribution in [0.2, 0.25) is 0 Å². The summed E-state index contributed by atoms with van der Waals surface area (Å²) in [6, 6.07) is 2.15. The molecule has 1 atom stereocenters. The van der Waals surface area contributed by atoms with Gasteiger partial charge in [0, 0.05) is 35.3 Å². The van der Waals surface area contributed by atoms with Crippen molar-refractivity contribution in [2.75, 3.05) is 20.2 Å². The maximum absolute atomic E-state index is 8.67. The third kappa shape index (κ3) is 5.68. The Morgan fingerprint density at radius 3 is 2.94 bits per heavy atom. The normalized spacial score (nSPS) is 12.3.